The molecule has 0 bridgehead atoms. The molecule has 4 rings (SSSR count). The molecular formula is C24H15BrClN3O6. The number of carbonyl (C=O) groups excluding carboxylic acids is 3. The Morgan fingerprint density at radius 1 is 1.06 bits per heavy atom. The van der Waals surface area contributed by atoms with Crippen LogP contribution in [-0.2, 0) is 16.2 Å². The van der Waals surface area contributed by atoms with Crippen LogP contribution in [0.25, 0.3) is 6.08 Å². The second-order valence-electron chi connectivity index (χ2n) is 7.30. The van der Waals surface area contributed by atoms with Crippen molar-refractivity contribution < 1.29 is 24.0 Å². The number of amides is 4. The number of anilines is 1. The van der Waals surface area contributed by atoms with Gasteiger partial charge in [-0.3, -0.25) is 25.0 Å². The second kappa shape index (κ2) is 10.1. The van der Waals surface area contributed by atoms with Gasteiger partial charge in [0.1, 0.15) is 17.9 Å². The predicted molar refractivity (Wildman–Crippen MR) is 132 cm³/mol. The van der Waals surface area contributed by atoms with Crippen LogP contribution in [0.3, 0.4) is 0 Å². The molecule has 11 heteroatoms. The highest BCUT2D eigenvalue weighted by molar-refractivity contribution is 9.10. The van der Waals surface area contributed by atoms with Crippen LogP contribution in [0, 0.1) is 10.1 Å². The number of rotatable bonds is 6. The van der Waals surface area contributed by atoms with Crippen molar-refractivity contribution in [2.24, 2.45) is 0 Å². The number of halogens is 2. The van der Waals surface area contributed by atoms with Gasteiger partial charge in [0.2, 0.25) is 0 Å². The molecule has 0 spiro atoms. The molecule has 0 unspecified atom stereocenters. The number of imide groups is 2. The molecule has 1 N–H and O–H groups in total. The Hall–Kier alpha value is -4.02. The van der Waals surface area contributed by atoms with E-state index < -0.39 is 22.8 Å². The zero-order valence-electron chi connectivity index (χ0n) is 17.7. The van der Waals surface area contributed by atoms with Gasteiger partial charge in [-0.05, 0) is 51.8 Å². The summed E-state index contributed by atoms with van der Waals surface area (Å²) in [5.74, 6) is -1.27. The van der Waals surface area contributed by atoms with Crippen molar-refractivity contribution in [3.63, 3.8) is 0 Å². The minimum absolute atomic E-state index is 0.0374. The molecule has 1 heterocycles. The third kappa shape index (κ3) is 5.23. The van der Waals surface area contributed by atoms with E-state index in [2.05, 4.69) is 21.2 Å². The third-order valence-corrected chi connectivity index (χ3v) is 6.00. The van der Waals surface area contributed by atoms with E-state index in [0.29, 0.717) is 25.7 Å². The minimum Gasteiger partial charge on any atom is -0.488 e. The quantitative estimate of drug-likeness (QED) is 0.192. The molecule has 9 nitrogen and oxygen atoms in total. The van der Waals surface area contributed by atoms with Gasteiger partial charge in [0.05, 0.1) is 15.1 Å². The average Bonchev–Trinajstić information content (AvgIpc) is 2.82. The van der Waals surface area contributed by atoms with Crippen molar-refractivity contribution in [3.05, 3.63) is 103 Å². The van der Waals surface area contributed by atoms with Gasteiger partial charge >= 0.3 is 6.03 Å². The van der Waals surface area contributed by atoms with E-state index in [9.17, 15) is 24.5 Å². The van der Waals surface area contributed by atoms with Crippen molar-refractivity contribution in [3.8, 4) is 5.75 Å². The number of non-ortho nitro benzene ring substituents is 1. The first-order valence-electron chi connectivity index (χ1n) is 10.1. The lowest BCUT2D eigenvalue weighted by atomic mass is 10.1. The topological polar surface area (TPSA) is 119 Å². The first-order valence-corrected chi connectivity index (χ1v) is 11.2. The standard InChI is InChI=1S/C24H15BrClN3O6/c25-19-11-14(8-9-21(19)35-13-15-4-1-2-7-20(15)26)10-18-22(30)27-24(32)28(23(18)31)16-5-3-6-17(12-16)29(33)34/h1-12H,13H2,(H,27,30,32)/b18-10+. The number of nitrogens with zero attached hydrogens (tertiary/aromatic N) is 2. The summed E-state index contributed by atoms with van der Waals surface area (Å²) >= 11 is 9.56. The van der Waals surface area contributed by atoms with Crippen LogP contribution in [0.4, 0.5) is 16.2 Å². The largest absolute Gasteiger partial charge is 0.488 e. The Labute approximate surface area is 212 Å². The molecule has 3 aromatic rings. The van der Waals surface area contributed by atoms with Crippen molar-refractivity contribution in [1.29, 1.82) is 0 Å². The lowest BCUT2D eigenvalue weighted by Gasteiger charge is -2.26. The van der Waals surface area contributed by atoms with Crippen LogP contribution in [0.1, 0.15) is 11.1 Å². The zero-order valence-corrected chi connectivity index (χ0v) is 20.1. The summed E-state index contributed by atoms with van der Waals surface area (Å²) < 4.78 is 6.37. The van der Waals surface area contributed by atoms with Crippen molar-refractivity contribution in [2.45, 2.75) is 6.61 Å². The van der Waals surface area contributed by atoms with Crippen molar-refractivity contribution >= 4 is 62.8 Å². The fourth-order valence-corrected chi connectivity index (χ4v) is 4.00. The number of nitro groups is 1. The van der Waals surface area contributed by atoms with E-state index in [4.69, 9.17) is 16.3 Å². The fourth-order valence-electron chi connectivity index (χ4n) is 3.30. The second-order valence-corrected chi connectivity index (χ2v) is 8.57. The Balaban J connectivity index is 1.58. The summed E-state index contributed by atoms with van der Waals surface area (Å²) in [4.78, 5) is 48.9. The minimum atomic E-state index is -0.998. The van der Waals surface area contributed by atoms with Crippen LogP contribution >= 0.6 is 27.5 Å². The summed E-state index contributed by atoms with van der Waals surface area (Å²) in [5.41, 5.74) is 0.635. The first kappa shape index (κ1) is 24.1. The van der Waals surface area contributed by atoms with Crippen LogP contribution in [0.5, 0.6) is 5.75 Å². The lowest BCUT2D eigenvalue weighted by Crippen LogP contribution is -2.54. The predicted octanol–water partition coefficient (Wildman–Crippen LogP) is 5.26. The molecule has 1 saturated heterocycles. The van der Waals surface area contributed by atoms with Gasteiger partial charge in [0.15, 0.2) is 0 Å². The Morgan fingerprint density at radius 2 is 1.83 bits per heavy atom. The van der Waals surface area contributed by atoms with E-state index in [1.807, 2.05) is 18.2 Å². The van der Waals surface area contributed by atoms with E-state index in [0.717, 1.165) is 11.6 Å². The highest BCUT2D eigenvalue weighted by atomic mass is 79.9. The summed E-state index contributed by atoms with van der Waals surface area (Å²) in [6.07, 6.45) is 1.32. The zero-order chi connectivity index (χ0) is 25.1. The van der Waals surface area contributed by atoms with Crippen LogP contribution in [-0.4, -0.2) is 22.8 Å². The monoisotopic (exact) mass is 555 g/mol. The van der Waals surface area contributed by atoms with Gasteiger partial charge in [-0.15, -0.1) is 0 Å². The SMILES string of the molecule is O=C1NC(=O)N(c2cccc([N+](=O)[O-])c2)C(=O)/C1=C/c1ccc(OCc2ccccc2Cl)c(Br)c1. The summed E-state index contributed by atoms with van der Waals surface area (Å²) in [6.45, 7) is 0.236. The maximum absolute atomic E-state index is 13.0. The number of hydrogen-bond donors (Lipinski definition) is 1. The highest BCUT2D eigenvalue weighted by Gasteiger charge is 2.37. The van der Waals surface area contributed by atoms with Crippen LogP contribution < -0.4 is 15.0 Å². The molecule has 4 amide bonds. The summed E-state index contributed by atoms with van der Waals surface area (Å²) in [6, 6.07) is 16.2. The molecule has 0 aromatic heterocycles. The number of hydrogen-bond acceptors (Lipinski definition) is 6. The van der Waals surface area contributed by atoms with Gasteiger partial charge in [-0.2, -0.15) is 0 Å². The smallest absolute Gasteiger partial charge is 0.335 e. The number of ether oxygens (including phenoxy) is 1. The molecule has 35 heavy (non-hydrogen) atoms. The molecule has 0 radical (unpaired) electrons. The Bertz CT molecular complexity index is 1410. The molecule has 0 aliphatic carbocycles. The van der Waals surface area contributed by atoms with Crippen LogP contribution in [0.2, 0.25) is 5.02 Å². The van der Waals surface area contributed by atoms with E-state index in [1.165, 1.54) is 24.3 Å². The maximum Gasteiger partial charge on any atom is 0.335 e. The number of urea groups is 1. The lowest BCUT2D eigenvalue weighted by molar-refractivity contribution is -0.384. The molecule has 0 atom stereocenters. The normalized spacial score (nSPS) is 14.7. The van der Waals surface area contributed by atoms with Gasteiger partial charge in [0, 0.05) is 22.7 Å². The number of carbonyl (C=O) groups is 3. The van der Waals surface area contributed by atoms with Crippen LogP contribution in [0.15, 0.2) is 76.8 Å². The van der Waals surface area contributed by atoms with Gasteiger partial charge in [0.25, 0.3) is 17.5 Å². The van der Waals surface area contributed by atoms with Crippen molar-refractivity contribution in [2.75, 3.05) is 4.90 Å². The van der Waals surface area contributed by atoms with E-state index in [1.54, 1.807) is 24.3 Å². The molecule has 1 fully saturated rings. The van der Waals surface area contributed by atoms with Gasteiger partial charge in [-0.1, -0.05) is 41.9 Å². The first-order chi connectivity index (χ1) is 16.7. The molecule has 1 aliphatic rings. The molecule has 1 aliphatic heterocycles. The van der Waals surface area contributed by atoms with Gasteiger partial charge < -0.3 is 4.74 Å². The average molecular weight is 557 g/mol. The highest BCUT2D eigenvalue weighted by Crippen LogP contribution is 2.30. The Morgan fingerprint density at radius 3 is 2.54 bits per heavy atom. The Kier molecular flexibility index (Phi) is 6.94. The van der Waals surface area contributed by atoms with E-state index in [-0.39, 0.29) is 23.6 Å². The summed E-state index contributed by atoms with van der Waals surface area (Å²) in [7, 11) is 0. The van der Waals surface area contributed by atoms with E-state index >= 15 is 0 Å². The summed E-state index contributed by atoms with van der Waals surface area (Å²) in [5, 5.41) is 13.7. The molecule has 3 aromatic carbocycles. The fraction of sp³-hybridized carbons (Fsp3) is 0.0417. The number of barbiturate groups is 1. The van der Waals surface area contributed by atoms with Crippen molar-refractivity contribution in [1.82, 2.24) is 5.32 Å². The molecule has 176 valence electrons. The maximum atomic E-state index is 13.0. The molecule has 0 saturated carbocycles. The number of nitro benzene ring substituents is 1. The number of nitrogens with one attached hydrogen (secondary N) is 1. The van der Waals surface area contributed by atoms with Gasteiger partial charge in [-0.25, -0.2) is 9.69 Å². The number of benzene rings is 3. The third-order valence-electron chi connectivity index (χ3n) is 5.01. The molecular weight excluding hydrogens is 542 g/mol.